The molecular weight excluding hydrogens is 245 g/mol. The van der Waals surface area contributed by atoms with Crippen molar-refractivity contribution in [3.8, 4) is 5.69 Å². The van der Waals surface area contributed by atoms with Gasteiger partial charge in [0, 0.05) is 24.0 Å². The summed E-state index contributed by atoms with van der Waals surface area (Å²) in [5.74, 6) is -0.332. The Morgan fingerprint density at radius 2 is 2.26 bits per heavy atom. The van der Waals surface area contributed by atoms with Crippen molar-refractivity contribution in [2.24, 2.45) is 5.92 Å². The van der Waals surface area contributed by atoms with E-state index in [1.54, 1.807) is 30.6 Å². The highest BCUT2D eigenvalue weighted by Crippen LogP contribution is 2.28. The second-order valence-electron chi connectivity index (χ2n) is 4.73. The summed E-state index contributed by atoms with van der Waals surface area (Å²) in [6.07, 6.45) is 6.22. The van der Waals surface area contributed by atoms with Crippen LogP contribution in [-0.4, -0.2) is 15.7 Å². The van der Waals surface area contributed by atoms with Gasteiger partial charge in [0.15, 0.2) is 5.82 Å². The third-order valence-electron chi connectivity index (χ3n) is 3.44. The van der Waals surface area contributed by atoms with E-state index in [-0.39, 0.29) is 11.8 Å². The molecule has 0 unspecified atom stereocenters. The lowest BCUT2D eigenvalue weighted by Gasteiger charge is -2.24. The van der Waals surface area contributed by atoms with E-state index >= 15 is 0 Å². The van der Waals surface area contributed by atoms with Crippen LogP contribution in [0.3, 0.4) is 0 Å². The van der Waals surface area contributed by atoms with E-state index in [0.717, 1.165) is 19.3 Å². The number of aromatic nitrogens is 2. The van der Waals surface area contributed by atoms with Gasteiger partial charge in [0.25, 0.3) is 0 Å². The lowest BCUT2D eigenvalue weighted by Crippen LogP contribution is -2.28. The van der Waals surface area contributed by atoms with Gasteiger partial charge in [-0.05, 0) is 37.1 Å². The van der Waals surface area contributed by atoms with Gasteiger partial charge in [-0.3, -0.25) is 4.79 Å². The summed E-state index contributed by atoms with van der Waals surface area (Å²) in [4.78, 5) is 11.8. The second-order valence-corrected chi connectivity index (χ2v) is 4.73. The molecule has 1 heterocycles. The number of nitrogens with one attached hydrogen (secondary N) is 1. The Hall–Kier alpha value is -2.17. The van der Waals surface area contributed by atoms with Crippen LogP contribution in [0.15, 0.2) is 36.7 Å². The first kappa shape index (κ1) is 11.9. The molecule has 4 nitrogen and oxygen atoms in total. The highest BCUT2D eigenvalue weighted by Gasteiger charge is 2.25. The predicted molar refractivity (Wildman–Crippen MR) is 69.5 cm³/mol. The van der Waals surface area contributed by atoms with Crippen molar-refractivity contribution < 1.29 is 9.18 Å². The van der Waals surface area contributed by atoms with Crippen molar-refractivity contribution in [2.45, 2.75) is 19.3 Å². The molecule has 1 aliphatic carbocycles. The van der Waals surface area contributed by atoms with Gasteiger partial charge in [0.2, 0.25) is 5.91 Å². The van der Waals surface area contributed by atoms with E-state index in [9.17, 15) is 9.18 Å². The molecule has 0 spiro atoms. The average molecular weight is 259 g/mol. The zero-order valence-electron chi connectivity index (χ0n) is 10.3. The van der Waals surface area contributed by atoms with Crippen LogP contribution in [0.2, 0.25) is 0 Å². The summed E-state index contributed by atoms with van der Waals surface area (Å²) in [5, 5.41) is 6.73. The van der Waals surface area contributed by atoms with Crippen LogP contribution in [0.1, 0.15) is 19.3 Å². The molecule has 3 rings (SSSR count). The molecule has 1 N–H and O–H groups in total. The summed E-state index contributed by atoms with van der Waals surface area (Å²) in [7, 11) is 0. The number of hydrogen-bond acceptors (Lipinski definition) is 2. The number of hydrogen-bond donors (Lipinski definition) is 1. The van der Waals surface area contributed by atoms with E-state index in [2.05, 4.69) is 10.4 Å². The smallest absolute Gasteiger partial charge is 0.227 e. The average Bonchev–Trinajstić information content (AvgIpc) is 2.79. The lowest BCUT2D eigenvalue weighted by molar-refractivity contribution is -0.122. The van der Waals surface area contributed by atoms with Crippen molar-refractivity contribution in [2.75, 3.05) is 5.32 Å². The molecule has 2 aromatic rings. The van der Waals surface area contributed by atoms with Gasteiger partial charge < -0.3 is 5.32 Å². The van der Waals surface area contributed by atoms with Crippen LogP contribution < -0.4 is 5.32 Å². The maximum atomic E-state index is 13.9. The Bertz CT molecular complexity index is 591. The molecule has 1 aliphatic rings. The van der Waals surface area contributed by atoms with E-state index in [4.69, 9.17) is 0 Å². The fourth-order valence-electron chi connectivity index (χ4n) is 2.10. The summed E-state index contributed by atoms with van der Waals surface area (Å²) < 4.78 is 15.4. The van der Waals surface area contributed by atoms with E-state index in [1.807, 2.05) is 0 Å². The van der Waals surface area contributed by atoms with E-state index in [1.165, 1.54) is 10.7 Å². The monoisotopic (exact) mass is 259 g/mol. The number of rotatable bonds is 3. The third-order valence-corrected chi connectivity index (χ3v) is 3.44. The topological polar surface area (TPSA) is 46.9 Å². The number of anilines is 1. The zero-order chi connectivity index (χ0) is 13.2. The molecule has 0 radical (unpaired) electrons. The fraction of sp³-hybridized carbons (Fsp3) is 0.286. The second kappa shape index (κ2) is 4.84. The number of nitrogens with zero attached hydrogens (tertiary/aromatic N) is 2. The molecule has 98 valence electrons. The Labute approximate surface area is 110 Å². The number of halogens is 1. The molecular formula is C14H14FN3O. The Morgan fingerprint density at radius 1 is 1.42 bits per heavy atom. The summed E-state index contributed by atoms with van der Waals surface area (Å²) in [6.45, 7) is 0. The first-order valence-corrected chi connectivity index (χ1v) is 6.34. The van der Waals surface area contributed by atoms with Gasteiger partial charge in [0.1, 0.15) is 5.69 Å². The summed E-state index contributed by atoms with van der Waals surface area (Å²) in [6, 6.07) is 6.36. The van der Waals surface area contributed by atoms with Gasteiger partial charge in [-0.2, -0.15) is 5.10 Å². The molecule has 1 saturated carbocycles. The highest BCUT2D eigenvalue weighted by atomic mass is 19.1. The predicted octanol–water partition coefficient (Wildman–Crippen LogP) is 2.75. The molecule has 1 aromatic heterocycles. The Morgan fingerprint density at radius 3 is 2.84 bits per heavy atom. The normalized spacial score (nSPS) is 15.0. The Balaban J connectivity index is 1.77. The quantitative estimate of drug-likeness (QED) is 0.921. The zero-order valence-corrected chi connectivity index (χ0v) is 10.3. The molecule has 0 bridgehead atoms. The van der Waals surface area contributed by atoms with Gasteiger partial charge in [-0.25, -0.2) is 9.07 Å². The van der Waals surface area contributed by atoms with Crippen LogP contribution in [0.4, 0.5) is 10.1 Å². The van der Waals surface area contributed by atoms with E-state index < -0.39 is 5.82 Å². The molecule has 5 heteroatoms. The largest absolute Gasteiger partial charge is 0.326 e. The third kappa shape index (κ3) is 2.36. The van der Waals surface area contributed by atoms with Gasteiger partial charge >= 0.3 is 0 Å². The Kier molecular flexibility index (Phi) is 3.03. The molecule has 0 atom stereocenters. The molecule has 0 saturated heterocycles. The minimum absolute atomic E-state index is 0.0162. The first-order valence-electron chi connectivity index (χ1n) is 6.34. The standard InChI is InChI=1S/C14H14FN3O/c15-12-9-11(17-14(19)10-3-1-4-10)5-6-13(12)18-8-2-7-16-18/h2,5-10H,1,3-4H2,(H,17,19). The SMILES string of the molecule is O=C(Nc1ccc(-n2cccn2)c(F)c1)C1CCC1. The summed E-state index contributed by atoms with van der Waals surface area (Å²) in [5.41, 5.74) is 0.858. The lowest BCUT2D eigenvalue weighted by atomic mass is 9.85. The summed E-state index contributed by atoms with van der Waals surface area (Å²) >= 11 is 0. The molecule has 1 aromatic carbocycles. The van der Waals surface area contributed by atoms with Crippen molar-refractivity contribution in [3.63, 3.8) is 0 Å². The van der Waals surface area contributed by atoms with Gasteiger partial charge in [0.05, 0.1) is 0 Å². The molecule has 1 fully saturated rings. The van der Waals surface area contributed by atoms with Crippen molar-refractivity contribution in [3.05, 3.63) is 42.5 Å². The van der Waals surface area contributed by atoms with Crippen LogP contribution in [0.5, 0.6) is 0 Å². The van der Waals surface area contributed by atoms with Crippen LogP contribution in [-0.2, 0) is 4.79 Å². The van der Waals surface area contributed by atoms with Crippen LogP contribution in [0, 0.1) is 11.7 Å². The fourth-order valence-corrected chi connectivity index (χ4v) is 2.10. The van der Waals surface area contributed by atoms with Crippen LogP contribution in [0.25, 0.3) is 5.69 Å². The number of amides is 1. The minimum Gasteiger partial charge on any atom is -0.326 e. The maximum absolute atomic E-state index is 13.9. The molecule has 19 heavy (non-hydrogen) atoms. The van der Waals surface area contributed by atoms with Gasteiger partial charge in [-0.15, -0.1) is 0 Å². The maximum Gasteiger partial charge on any atom is 0.227 e. The number of benzene rings is 1. The highest BCUT2D eigenvalue weighted by molar-refractivity contribution is 5.93. The first-order chi connectivity index (χ1) is 9.24. The molecule has 1 amide bonds. The van der Waals surface area contributed by atoms with Crippen molar-refractivity contribution in [1.29, 1.82) is 0 Å². The van der Waals surface area contributed by atoms with Gasteiger partial charge in [-0.1, -0.05) is 6.42 Å². The van der Waals surface area contributed by atoms with E-state index in [0.29, 0.717) is 11.4 Å². The van der Waals surface area contributed by atoms with Crippen molar-refractivity contribution in [1.82, 2.24) is 9.78 Å². The minimum atomic E-state index is -0.407. The molecule has 0 aliphatic heterocycles. The number of carbonyl (C=O) groups excluding carboxylic acids is 1. The van der Waals surface area contributed by atoms with Crippen molar-refractivity contribution >= 4 is 11.6 Å². The number of carbonyl (C=O) groups is 1. The van der Waals surface area contributed by atoms with Crippen LogP contribution >= 0.6 is 0 Å².